The second kappa shape index (κ2) is 10.9. The molecule has 1 aliphatic heterocycles. The Balaban J connectivity index is 1.83. The lowest BCUT2D eigenvalue weighted by Gasteiger charge is -2.27. The number of furan rings is 1. The molecule has 1 atom stereocenters. The smallest absolute Gasteiger partial charge is 0.337 e. The van der Waals surface area contributed by atoms with Crippen molar-refractivity contribution in [3.8, 4) is 6.07 Å². The first-order chi connectivity index (χ1) is 15.4. The molecule has 1 aromatic heterocycles. The quantitative estimate of drug-likeness (QED) is 0.384. The Labute approximate surface area is 198 Å². The van der Waals surface area contributed by atoms with E-state index in [1.807, 2.05) is 12.1 Å². The first-order valence-corrected chi connectivity index (χ1v) is 11.3. The molecule has 164 valence electrons. The zero-order valence-corrected chi connectivity index (χ0v) is 19.6. The summed E-state index contributed by atoms with van der Waals surface area (Å²) in [6.45, 7) is 5.32. The topological polar surface area (TPSA) is 104 Å². The zero-order chi connectivity index (χ0) is 23.1. The maximum atomic E-state index is 12.7. The molecule has 0 aliphatic carbocycles. The van der Waals surface area contributed by atoms with Crippen molar-refractivity contribution in [1.29, 1.82) is 5.26 Å². The van der Waals surface area contributed by atoms with Crippen LogP contribution < -0.4 is 10.6 Å². The van der Waals surface area contributed by atoms with Gasteiger partial charge in [-0.3, -0.25) is 4.79 Å². The first-order valence-electron chi connectivity index (χ1n) is 9.56. The van der Waals surface area contributed by atoms with E-state index < -0.39 is 11.9 Å². The average molecular weight is 514 g/mol. The van der Waals surface area contributed by atoms with Crippen LogP contribution >= 0.6 is 27.7 Å². The number of thioether (sulfide) groups is 1. The molecule has 1 amide bonds. The number of allylic oxidation sites excluding steroid dienone is 2. The number of hydrogen-bond acceptors (Lipinski definition) is 7. The number of carbonyl (C=O) groups is 2. The third-order valence-electron chi connectivity index (χ3n) is 4.50. The van der Waals surface area contributed by atoms with E-state index in [1.165, 1.54) is 24.1 Å². The highest BCUT2D eigenvalue weighted by molar-refractivity contribution is 9.10. The van der Waals surface area contributed by atoms with Crippen LogP contribution in [0.5, 0.6) is 0 Å². The molecular weight excluding hydrogens is 494 g/mol. The number of rotatable bonds is 8. The summed E-state index contributed by atoms with van der Waals surface area (Å²) in [5, 5.41) is 16.3. The average Bonchev–Trinajstić information content (AvgIpc) is 3.31. The predicted molar refractivity (Wildman–Crippen MR) is 126 cm³/mol. The number of carbonyl (C=O) groups excluding carboxylic acids is 2. The first kappa shape index (κ1) is 23.4. The molecule has 0 radical (unpaired) electrons. The number of dihydropyridines is 1. The minimum Gasteiger partial charge on any atom is -0.468 e. The summed E-state index contributed by atoms with van der Waals surface area (Å²) < 4.78 is 11.7. The van der Waals surface area contributed by atoms with Crippen LogP contribution in [0.1, 0.15) is 18.6 Å². The molecule has 0 unspecified atom stereocenters. The van der Waals surface area contributed by atoms with Gasteiger partial charge in [0.2, 0.25) is 5.91 Å². The Morgan fingerprint density at radius 2 is 2.12 bits per heavy atom. The Morgan fingerprint density at radius 3 is 2.75 bits per heavy atom. The number of ether oxygens (including phenoxy) is 1. The molecule has 2 heterocycles. The molecule has 0 spiro atoms. The lowest BCUT2D eigenvalue weighted by Crippen LogP contribution is -2.29. The van der Waals surface area contributed by atoms with Crippen molar-refractivity contribution >= 4 is 45.3 Å². The third-order valence-corrected chi connectivity index (χ3v) is 6.05. The van der Waals surface area contributed by atoms with E-state index >= 15 is 0 Å². The minimum atomic E-state index is -0.745. The molecule has 7 nitrogen and oxygen atoms in total. The fraction of sp³-hybridized carbons (Fsp3) is 0.174. The third kappa shape index (κ3) is 5.52. The van der Waals surface area contributed by atoms with E-state index in [9.17, 15) is 14.9 Å². The lowest BCUT2D eigenvalue weighted by atomic mass is 9.86. The number of anilines is 1. The van der Waals surface area contributed by atoms with E-state index in [2.05, 4.69) is 39.2 Å². The van der Waals surface area contributed by atoms with Crippen molar-refractivity contribution in [3.63, 3.8) is 0 Å². The van der Waals surface area contributed by atoms with Gasteiger partial charge < -0.3 is 19.8 Å². The normalized spacial score (nSPS) is 15.6. The monoisotopic (exact) mass is 513 g/mol. The molecule has 0 saturated heterocycles. The lowest BCUT2D eigenvalue weighted by molar-refractivity contribution is -0.138. The van der Waals surface area contributed by atoms with Gasteiger partial charge in [0.1, 0.15) is 12.4 Å². The highest BCUT2D eigenvalue weighted by Gasteiger charge is 2.37. The molecule has 0 bridgehead atoms. The van der Waals surface area contributed by atoms with Crippen molar-refractivity contribution in [2.24, 2.45) is 0 Å². The van der Waals surface area contributed by atoms with Crippen LogP contribution in [-0.2, 0) is 14.3 Å². The van der Waals surface area contributed by atoms with Gasteiger partial charge in [-0.2, -0.15) is 5.26 Å². The molecule has 32 heavy (non-hydrogen) atoms. The summed E-state index contributed by atoms with van der Waals surface area (Å²) in [5.41, 5.74) is 1.75. The number of nitriles is 1. The van der Waals surface area contributed by atoms with Crippen molar-refractivity contribution in [3.05, 3.63) is 87.4 Å². The molecule has 1 aliphatic rings. The molecule has 0 fully saturated rings. The van der Waals surface area contributed by atoms with Crippen LogP contribution in [0.25, 0.3) is 0 Å². The van der Waals surface area contributed by atoms with E-state index in [1.54, 1.807) is 31.2 Å². The van der Waals surface area contributed by atoms with Crippen molar-refractivity contribution in [2.75, 3.05) is 17.7 Å². The fourth-order valence-corrected chi connectivity index (χ4v) is 4.27. The Kier molecular flexibility index (Phi) is 7.98. The molecular formula is C23H20BrN3O4S. The second-order valence-corrected chi connectivity index (χ2v) is 8.60. The van der Waals surface area contributed by atoms with Crippen LogP contribution in [0, 0.1) is 11.3 Å². The highest BCUT2D eigenvalue weighted by Crippen LogP contribution is 2.41. The second-order valence-electron chi connectivity index (χ2n) is 6.70. The maximum absolute atomic E-state index is 12.7. The van der Waals surface area contributed by atoms with Gasteiger partial charge >= 0.3 is 5.97 Å². The Hall–Kier alpha value is -3.22. The number of hydrogen-bond donors (Lipinski definition) is 2. The van der Waals surface area contributed by atoms with Gasteiger partial charge in [-0.1, -0.05) is 40.3 Å². The number of nitrogens with one attached hydrogen (secondary N) is 2. The molecule has 3 rings (SSSR count). The van der Waals surface area contributed by atoms with Crippen molar-refractivity contribution in [2.45, 2.75) is 12.8 Å². The standard InChI is InChI=1S/C23H20BrN3O4S/c1-3-10-31-23(29)20-14(2)26-22(17(12-25)21(20)18-5-4-11-30-18)32-13-19(28)27-16-8-6-15(24)7-9-16/h3-9,11,21,26H,1,10,13H2,2H3,(H,27,28)/t21-/m1/s1. The largest absolute Gasteiger partial charge is 0.468 e. The van der Waals surface area contributed by atoms with Gasteiger partial charge in [0.25, 0.3) is 0 Å². The minimum absolute atomic E-state index is 0.0456. The van der Waals surface area contributed by atoms with Crippen LogP contribution in [0.15, 0.2) is 86.1 Å². The van der Waals surface area contributed by atoms with Crippen LogP contribution in [0.4, 0.5) is 5.69 Å². The molecule has 9 heteroatoms. The molecule has 2 aromatic rings. The summed E-state index contributed by atoms with van der Waals surface area (Å²) in [7, 11) is 0. The Morgan fingerprint density at radius 1 is 1.38 bits per heavy atom. The van der Waals surface area contributed by atoms with E-state index in [0.717, 1.165) is 4.47 Å². The summed E-state index contributed by atoms with van der Waals surface area (Å²) in [5.74, 6) is -1.04. The van der Waals surface area contributed by atoms with Gasteiger partial charge in [-0.15, -0.1) is 0 Å². The summed E-state index contributed by atoms with van der Waals surface area (Å²) in [6.07, 6.45) is 2.95. The SMILES string of the molecule is C=CCOC(=O)C1=C(C)NC(SCC(=O)Nc2ccc(Br)cc2)=C(C#N)[C@@H]1c1ccco1. The number of esters is 1. The van der Waals surface area contributed by atoms with Crippen LogP contribution in [-0.4, -0.2) is 24.2 Å². The van der Waals surface area contributed by atoms with Crippen LogP contribution in [0.3, 0.4) is 0 Å². The number of halogens is 1. The van der Waals surface area contributed by atoms with Gasteiger partial charge in [-0.05, 0) is 43.3 Å². The van der Waals surface area contributed by atoms with Crippen LogP contribution in [0.2, 0.25) is 0 Å². The van der Waals surface area contributed by atoms with Gasteiger partial charge in [0.15, 0.2) is 0 Å². The van der Waals surface area contributed by atoms with E-state index in [4.69, 9.17) is 9.15 Å². The summed E-state index contributed by atoms with van der Waals surface area (Å²) in [4.78, 5) is 25.1. The zero-order valence-electron chi connectivity index (χ0n) is 17.2. The summed E-state index contributed by atoms with van der Waals surface area (Å²) >= 11 is 4.53. The number of nitrogens with zero attached hydrogens (tertiary/aromatic N) is 1. The van der Waals surface area contributed by atoms with E-state index in [0.29, 0.717) is 22.2 Å². The highest BCUT2D eigenvalue weighted by atomic mass is 79.9. The number of benzene rings is 1. The Bertz CT molecular complexity index is 1120. The number of amides is 1. The maximum Gasteiger partial charge on any atom is 0.337 e. The van der Waals surface area contributed by atoms with Gasteiger partial charge in [-0.25, -0.2) is 4.79 Å². The molecule has 0 saturated carbocycles. The summed E-state index contributed by atoms with van der Waals surface area (Å²) in [6, 6.07) is 12.8. The predicted octanol–water partition coefficient (Wildman–Crippen LogP) is 4.84. The van der Waals surface area contributed by atoms with Gasteiger partial charge in [0, 0.05) is 15.9 Å². The van der Waals surface area contributed by atoms with E-state index in [-0.39, 0.29) is 29.4 Å². The van der Waals surface area contributed by atoms with Gasteiger partial charge in [0.05, 0.1) is 40.2 Å². The van der Waals surface area contributed by atoms with Crippen molar-refractivity contribution in [1.82, 2.24) is 5.32 Å². The fourth-order valence-electron chi connectivity index (χ4n) is 3.12. The molecule has 2 N–H and O–H groups in total. The van der Waals surface area contributed by atoms with Crippen molar-refractivity contribution < 1.29 is 18.7 Å². The molecule has 1 aromatic carbocycles.